The molecule has 1 fully saturated rings. The van der Waals surface area contributed by atoms with Gasteiger partial charge in [0, 0.05) is 46.0 Å². The number of nitrogens with zero attached hydrogens (tertiary/aromatic N) is 1. The number of benzene rings is 1. The van der Waals surface area contributed by atoms with E-state index in [4.69, 9.17) is 0 Å². The Morgan fingerprint density at radius 3 is 2.73 bits per heavy atom. The van der Waals surface area contributed by atoms with Crippen molar-refractivity contribution in [2.75, 3.05) is 30.4 Å². The van der Waals surface area contributed by atoms with Crippen molar-refractivity contribution in [1.82, 2.24) is 4.90 Å². The highest BCUT2D eigenvalue weighted by atomic mass is 32.2. The lowest BCUT2D eigenvalue weighted by Gasteiger charge is -2.24. The standard InChI is InChI=1S/C16H24N2O2S2/c1-3-21-14-6-4-5-11-18(12-14)16(19)17-13-7-9-15(10-8-13)22(2)20/h7-10,14H,3-6,11-12H2,1-2H3,(H,17,19)/t14-,22-/m0/s1. The van der Waals surface area contributed by atoms with E-state index in [0.717, 1.165) is 35.8 Å². The minimum Gasteiger partial charge on any atom is -0.323 e. The fourth-order valence-electron chi connectivity index (χ4n) is 2.59. The second-order valence-electron chi connectivity index (χ2n) is 5.43. The minimum absolute atomic E-state index is 0.0334. The molecule has 22 heavy (non-hydrogen) atoms. The highest BCUT2D eigenvalue weighted by Crippen LogP contribution is 2.22. The predicted molar refractivity (Wildman–Crippen MR) is 95.1 cm³/mol. The second kappa shape index (κ2) is 8.58. The first-order chi connectivity index (χ1) is 10.6. The van der Waals surface area contributed by atoms with Gasteiger partial charge in [0.1, 0.15) is 0 Å². The van der Waals surface area contributed by atoms with Crippen LogP contribution in [0.3, 0.4) is 0 Å². The van der Waals surface area contributed by atoms with E-state index in [1.807, 2.05) is 28.8 Å². The van der Waals surface area contributed by atoms with E-state index in [-0.39, 0.29) is 6.03 Å². The molecule has 2 amide bonds. The van der Waals surface area contributed by atoms with Crippen molar-refractivity contribution in [3.05, 3.63) is 24.3 Å². The van der Waals surface area contributed by atoms with Crippen LogP contribution < -0.4 is 5.32 Å². The number of hydrogen-bond acceptors (Lipinski definition) is 3. The van der Waals surface area contributed by atoms with Crippen molar-refractivity contribution >= 4 is 34.3 Å². The molecule has 1 aromatic rings. The number of carbonyl (C=O) groups is 1. The molecule has 0 unspecified atom stereocenters. The molecule has 2 atom stereocenters. The summed E-state index contributed by atoms with van der Waals surface area (Å²) in [7, 11) is -0.990. The van der Waals surface area contributed by atoms with Crippen LogP contribution in [0.1, 0.15) is 26.2 Å². The molecule has 1 aromatic carbocycles. The molecule has 122 valence electrons. The number of hydrogen-bond donors (Lipinski definition) is 1. The quantitative estimate of drug-likeness (QED) is 0.912. The molecule has 0 saturated carbocycles. The van der Waals surface area contributed by atoms with E-state index in [2.05, 4.69) is 12.2 Å². The van der Waals surface area contributed by atoms with Gasteiger partial charge in [0.2, 0.25) is 0 Å². The first kappa shape index (κ1) is 17.3. The monoisotopic (exact) mass is 340 g/mol. The number of rotatable bonds is 4. The van der Waals surface area contributed by atoms with Gasteiger partial charge in [-0.3, -0.25) is 4.21 Å². The Kier molecular flexibility index (Phi) is 6.76. The maximum absolute atomic E-state index is 12.4. The first-order valence-electron chi connectivity index (χ1n) is 7.71. The van der Waals surface area contributed by atoms with Gasteiger partial charge in [0.25, 0.3) is 0 Å². The summed E-state index contributed by atoms with van der Waals surface area (Å²) in [5.41, 5.74) is 0.753. The van der Waals surface area contributed by atoms with E-state index >= 15 is 0 Å². The van der Waals surface area contributed by atoms with Gasteiger partial charge < -0.3 is 10.2 Å². The third-order valence-electron chi connectivity index (χ3n) is 3.76. The molecular weight excluding hydrogens is 316 g/mol. The van der Waals surface area contributed by atoms with Gasteiger partial charge in [-0.05, 0) is 42.9 Å². The summed E-state index contributed by atoms with van der Waals surface area (Å²) in [4.78, 5) is 15.1. The zero-order chi connectivity index (χ0) is 15.9. The maximum atomic E-state index is 12.4. The van der Waals surface area contributed by atoms with Crippen LogP contribution in [-0.4, -0.2) is 45.5 Å². The summed E-state index contributed by atoms with van der Waals surface area (Å²) in [5, 5.41) is 3.49. The van der Waals surface area contributed by atoms with Crippen molar-refractivity contribution < 1.29 is 9.00 Å². The number of thioether (sulfide) groups is 1. The third-order valence-corrected chi connectivity index (χ3v) is 5.88. The van der Waals surface area contributed by atoms with Crippen molar-refractivity contribution in [3.8, 4) is 0 Å². The number of urea groups is 1. The summed E-state index contributed by atoms with van der Waals surface area (Å²) >= 11 is 1.94. The lowest BCUT2D eigenvalue weighted by Crippen LogP contribution is -2.38. The zero-order valence-electron chi connectivity index (χ0n) is 13.2. The molecule has 0 radical (unpaired) electrons. The molecule has 0 aliphatic carbocycles. The number of likely N-dealkylation sites (tertiary alicyclic amines) is 1. The first-order valence-corrected chi connectivity index (χ1v) is 10.3. The second-order valence-corrected chi connectivity index (χ2v) is 8.38. The molecule has 0 aromatic heterocycles. The van der Waals surface area contributed by atoms with Crippen LogP contribution in [0.5, 0.6) is 0 Å². The molecule has 1 N–H and O–H groups in total. The maximum Gasteiger partial charge on any atom is 0.321 e. The minimum atomic E-state index is -0.990. The lowest BCUT2D eigenvalue weighted by atomic mass is 10.2. The van der Waals surface area contributed by atoms with Crippen LogP contribution in [0, 0.1) is 0 Å². The zero-order valence-corrected chi connectivity index (χ0v) is 14.8. The van der Waals surface area contributed by atoms with Crippen LogP contribution in [0.2, 0.25) is 0 Å². The topological polar surface area (TPSA) is 49.4 Å². The van der Waals surface area contributed by atoms with E-state index < -0.39 is 10.8 Å². The van der Waals surface area contributed by atoms with E-state index in [9.17, 15) is 9.00 Å². The van der Waals surface area contributed by atoms with Gasteiger partial charge in [0.15, 0.2) is 0 Å². The Labute approximate surface area is 139 Å². The van der Waals surface area contributed by atoms with Crippen molar-refractivity contribution in [2.45, 2.75) is 36.3 Å². The molecule has 1 heterocycles. The molecule has 1 saturated heterocycles. The highest BCUT2D eigenvalue weighted by molar-refractivity contribution is 7.99. The van der Waals surface area contributed by atoms with Gasteiger partial charge in [-0.1, -0.05) is 13.3 Å². The number of nitrogens with one attached hydrogen (secondary N) is 1. The number of carbonyl (C=O) groups excluding carboxylic acids is 1. The molecule has 1 aliphatic rings. The van der Waals surface area contributed by atoms with Crippen molar-refractivity contribution in [3.63, 3.8) is 0 Å². The van der Waals surface area contributed by atoms with Gasteiger partial charge in [0.05, 0.1) is 0 Å². The molecular formula is C16H24N2O2S2. The Bertz CT molecular complexity index is 519. The largest absolute Gasteiger partial charge is 0.323 e. The SMILES string of the molecule is CCS[C@H]1CCCCN(C(=O)Nc2ccc([S@](C)=O)cc2)C1. The lowest BCUT2D eigenvalue weighted by molar-refractivity contribution is 0.214. The highest BCUT2D eigenvalue weighted by Gasteiger charge is 2.21. The normalized spacial score (nSPS) is 20.3. The van der Waals surface area contributed by atoms with Gasteiger partial charge in [-0.2, -0.15) is 11.8 Å². The Morgan fingerprint density at radius 1 is 1.36 bits per heavy atom. The predicted octanol–water partition coefficient (Wildman–Crippen LogP) is 3.56. The Balaban J connectivity index is 1.96. The average molecular weight is 341 g/mol. The molecule has 1 aliphatic heterocycles. The molecule has 2 rings (SSSR count). The summed E-state index contributed by atoms with van der Waals surface area (Å²) in [6.07, 6.45) is 5.11. The van der Waals surface area contributed by atoms with Crippen LogP contribution >= 0.6 is 11.8 Å². The fraction of sp³-hybridized carbons (Fsp3) is 0.562. The van der Waals surface area contributed by atoms with E-state index in [0.29, 0.717) is 5.25 Å². The van der Waals surface area contributed by atoms with Crippen LogP contribution in [0.25, 0.3) is 0 Å². The van der Waals surface area contributed by atoms with Crippen LogP contribution in [-0.2, 0) is 10.8 Å². The van der Waals surface area contributed by atoms with E-state index in [1.165, 1.54) is 12.8 Å². The summed E-state index contributed by atoms with van der Waals surface area (Å²) < 4.78 is 11.4. The molecule has 4 nitrogen and oxygen atoms in total. The number of anilines is 1. The average Bonchev–Trinajstić information content (AvgIpc) is 2.74. The molecule has 0 bridgehead atoms. The Hall–Kier alpha value is -1.01. The molecule has 6 heteroatoms. The fourth-order valence-corrected chi connectivity index (χ4v) is 4.20. The summed E-state index contributed by atoms with van der Waals surface area (Å²) in [5.74, 6) is 1.09. The van der Waals surface area contributed by atoms with Gasteiger partial charge in [-0.15, -0.1) is 0 Å². The van der Waals surface area contributed by atoms with E-state index in [1.54, 1.807) is 18.4 Å². The van der Waals surface area contributed by atoms with Crippen molar-refractivity contribution in [1.29, 1.82) is 0 Å². The third kappa shape index (κ3) is 5.02. The van der Waals surface area contributed by atoms with Crippen molar-refractivity contribution in [2.24, 2.45) is 0 Å². The smallest absolute Gasteiger partial charge is 0.321 e. The summed E-state index contributed by atoms with van der Waals surface area (Å²) in [6, 6.07) is 7.18. The van der Waals surface area contributed by atoms with Crippen LogP contribution in [0.15, 0.2) is 29.2 Å². The summed E-state index contributed by atoms with van der Waals surface area (Å²) in [6.45, 7) is 3.81. The Morgan fingerprint density at radius 2 is 2.09 bits per heavy atom. The van der Waals surface area contributed by atoms with Gasteiger partial charge in [-0.25, -0.2) is 4.79 Å². The number of amides is 2. The van der Waals surface area contributed by atoms with Gasteiger partial charge >= 0.3 is 6.03 Å². The van der Waals surface area contributed by atoms with Crippen LogP contribution in [0.4, 0.5) is 10.5 Å². The molecule has 0 spiro atoms.